The molecule has 1 N–H and O–H groups in total. The van der Waals surface area contributed by atoms with Gasteiger partial charge in [-0.1, -0.05) is 0 Å². The lowest BCUT2D eigenvalue weighted by Gasteiger charge is -2.30. The number of carbonyl (C=O) groups excluding carboxylic acids is 1. The van der Waals surface area contributed by atoms with Crippen LogP contribution in [0.4, 0.5) is 0 Å². The van der Waals surface area contributed by atoms with Crippen molar-refractivity contribution in [2.45, 2.75) is 32.4 Å². The maximum Gasteiger partial charge on any atom is 0.326 e. The highest BCUT2D eigenvalue weighted by Gasteiger charge is 2.33. The van der Waals surface area contributed by atoms with Crippen molar-refractivity contribution in [3.05, 3.63) is 0 Å². The Hall–Kier alpha value is -1.10. The highest BCUT2D eigenvalue weighted by Crippen LogP contribution is 2.13. The second kappa shape index (κ2) is 4.41. The normalized spacial score (nSPS) is 13.5. The van der Waals surface area contributed by atoms with Gasteiger partial charge in [-0.25, -0.2) is 4.79 Å². The molecule has 0 saturated carbocycles. The van der Waals surface area contributed by atoms with Crippen molar-refractivity contribution < 1.29 is 19.4 Å². The molecule has 0 aliphatic rings. The van der Waals surface area contributed by atoms with Crippen LogP contribution in [0, 0.1) is 0 Å². The first-order chi connectivity index (χ1) is 6.24. The molecule has 14 heavy (non-hydrogen) atoms. The predicted octanol–water partition coefficient (Wildman–Crippen LogP) is 0.343. The Morgan fingerprint density at radius 1 is 1.43 bits per heavy atom. The van der Waals surface area contributed by atoms with E-state index >= 15 is 0 Å². The van der Waals surface area contributed by atoms with E-state index in [0.29, 0.717) is 0 Å². The van der Waals surface area contributed by atoms with Gasteiger partial charge in [-0.05, 0) is 20.8 Å². The average Bonchev–Trinajstić information content (AvgIpc) is 2.14. The smallest absolute Gasteiger partial charge is 0.326 e. The number of nitrogens with zero attached hydrogens (tertiary/aromatic N) is 1. The topological polar surface area (TPSA) is 66.8 Å². The zero-order valence-corrected chi connectivity index (χ0v) is 9.20. The summed E-state index contributed by atoms with van der Waals surface area (Å²) >= 11 is 0. The number of hydrogen-bond acceptors (Lipinski definition) is 3. The molecular formula is C9H17NO4. The summed E-state index contributed by atoms with van der Waals surface area (Å²) in [5, 5.41) is 8.71. The maximum absolute atomic E-state index is 11.7. The minimum absolute atomic E-state index is 0.352. The number of likely N-dealkylation sites (N-methyl/N-ethyl adjacent to an activating group) is 1. The van der Waals surface area contributed by atoms with Crippen LogP contribution in [0.25, 0.3) is 0 Å². The van der Waals surface area contributed by atoms with E-state index in [4.69, 9.17) is 9.84 Å². The van der Waals surface area contributed by atoms with E-state index in [2.05, 4.69) is 0 Å². The highest BCUT2D eigenvalue weighted by molar-refractivity contribution is 5.88. The lowest BCUT2D eigenvalue weighted by molar-refractivity contribution is -0.158. The largest absolute Gasteiger partial charge is 0.480 e. The summed E-state index contributed by atoms with van der Waals surface area (Å²) < 4.78 is 4.97. The van der Waals surface area contributed by atoms with Crippen LogP contribution in [0.5, 0.6) is 0 Å². The molecule has 0 aromatic carbocycles. The molecule has 5 nitrogen and oxygen atoms in total. The number of aliphatic carboxylic acids is 1. The fourth-order valence-electron chi connectivity index (χ4n) is 0.854. The van der Waals surface area contributed by atoms with Gasteiger partial charge in [0.2, 0.25) is 0 Å². The zero-order chi connectivity index (χ0) is 11.5. The van der Waals surface area contributed by atoms with Crippen LogP contribution in [0.1, 0.15) is 20.8 Å². The summed E-state index contributed by atoms with van der Waals surface area (Å²) in [5.41, 5.74) is -0.988. The van der Waals surface area contributed by atoms with Crippen LogP contribution in [0.2, 0.25) is 0 Å². The van der Waals surface area contributed by atoms with Crippen LogP contribution < -0.4 is 0 Å². The molecule has 0 fully saturated rings. The van der Waals surface area contributed by atoms with E-state index in [1.54, 1.807) is 13.8 Å². The number of methoxy groups -OCH3 is 1. The lowest BCUT2D eigenvalue weighted by atomic mass is 10.1. The molecule has 0 aliphatic carbocycles. The Balaban J connectivity index is 4.63. The Labute approximate surface area is 83.6 Å². The van der Waals surface area contributed by atoms with Gasteiger partial charge in [0.15, 0.2) is 0 Å². The molecule has 82 valence electrons. The Kier molecular flexibility index (Phi) is 4.07. The third kappa shape index (κ3) is 2.70. The summed E-state index contributed by atoms with van der Waals surface area (Å²) in [6.45, 7) is 4.65. The molecule has 5 heteroatoms. The van der Waals surface area contributed by atoms with E-state index in [1.165, 1.54) is 21.1 Å². The van der Waals surface area contributed by atoms with Crippen LogP contribution >= 0.6 is 0 Å². The summed E-state index contributed by atoms with van der Waals surface area (Å²) in [5.74, 6) is -1.39. The first-order valence-electron chi connectivity index (χ1n) is 4.29. The minimum Gasteiger partial charge on any atom is -0.480 e. The first-order valence-corrected chi connectivity index (χ1v) is 4.29. The number of carboxylic acids is 1. The van der Waals surface area contributed by atoms with Crippen molar-refractivity contribution in [2.75, 3.05) is 14.2 Å². The molecule has 1 amide bonds. The monoisotopic (exact) mass is 203 g/mol. The minimum atomic E-state index is -1.03. The van der Waals surface area contributed by atoms with Gasteiger partial charge in [0.05, 0.1) is 0 Å². The summed E-state index contributed by atoms with van der Waals surface area (Å²) in [4.78, 5) is 23.5. The number of rotatable bonds is 4. The molecule has 0 bridgehead atoms. The third-order valence-electron chi connectivity index (χ3n) is 2.28. The van der Waals surface area contributed by atoms with Crippen molar-refractivity contribution in [1.29, 1.82) is 0 Å². The van der Waals surface area contributed by atoms with E-state index in [9.17, 15) is 9.59 Å². The van der Waals surface area contributed by atoms with E-state index in [-0.39, 0.29) is 5.91 Å². The number of carboxylic acid groups (broad SMARTS) is 1. The lowest BCUT2D eigenvalue weighted by Crippen LogP contribution is -2.50. The molecule has 0 heterocycles. The molecule has 0 aromatic rings. The summed E-state index contributed by atoms with van der Waals surface area (Å²) in [6, 6.07) is -0.850. The standard InChI is InChI=1S/C9H17NO4/c1-6(7(11)12)10(4)8(13)9(2,3)14-5/h6H,1-5H3,(H,11,12). The average molecular weight is 203 g/mol. The van der Waals surface area contributed by atoms with Crippen LogP contribution in [-0.2, 0) is 14.3 Å². The fourth-order valence-corrected chi connectivity index (χ4v) is 0.854. The van der Waals surface area contributed by atoms with Gasteiger partial charge in [0.25, 0.3) is 5.91 Å². The molecule has 0 radical (unpaired) electrons. The van der Waals surface area contributed by atoms with Gasteiger partial charge in [-0.2, -0.15) is 0 Å². The molecule has 0 rings (SSSR count). The van der Waals surface area contributed by atoms with Crippen LogP contribution in [0.3, 0.4) is 0 Å². The first kappa shape index (κ1) is 12.9. The molecule has 0 aliphatic heterocycles. The summed E-state index contributed by atoms with van der Waals surface area (Å²) in [6.07, 6.45) is 0. The van der Waals surface area contributed by atoms with E-state index in [0.717, 1.165) is 4.90 Å². The van der Waals surface area contributed by atoms with Gasteiger partial charge in [0, 0.05) is 14.2 Å². The fraction of sp³-hybridized carbons (Fsp3) is 0.778. The predicted molar refractivity (Wildman–Crippen MR) is 51.0 cm³/mol. The van der Waals surface area contributed by atoms with E-state index < -0.39 is 17.6 Å². The quantitative estimate of drug-likeness (QED) is 0.715. The van der Waals surface area contributed by atoms with Crippen molar-refractivity contribution in [1.82, 2.24) is 4.90 Å². The van der Waals surface area contributed by atoms with E-state index in [1.807, 2.05) is 0 Å². The number of carbonyl (C=O) groups is 2. The van der Waals surface area contributed by atoms with Gasteiger partial charge < -0.3 is 14.7 Å². The molecule has 0 saturated heterocycles. The van der Waals surface area contributed by atoms with Crippen LogP contribution in [0.15, 0.2) is 0 Å². The number of ether oxygens (including phenoxy) is 1. The van der Waals surface area contributed by atoms with Gasteiger partial charge in [-0.3, -0.25) is 4.79 Å². The molecule has 1 atom stereocenters. The van der Waals surface area contributed by atoms with Gasteiger partial charge in [-0.15, -0.1) is 0 Å². The molecule has 0 aromatic heterocycles. The third-order valence-corrected chi connectivity index (χ3v) is 2.28. The summed E-state index contributed by atoms with van der Waals surface area (Å²) in [7, 11) is 2.86. The second-order valence-corrected chi connectivity index (χ2v) is 3.64. The molecule has 1 unspecified atom stereocenters. The molecule has 0 spiro atoms. The Morgan fingerprint density at radius 3 is 2.14 bits per heavy atom. The Morgan fingerprint density at radius 2 is 1.86 bits per heavy atom. The number of hydrogen-bond donors (Lipinski definition) is 1. The van der Waals surface area contributed by atoms with Gasteiger partial charge >= 0.3 is 5.97 Å². The Bertz CT molecular complexity index is 237. The maximum atomic E-state index is 11.7. The molecular weight excluding hydrogens is 186 g/mol. The number of amides is 1. The zero-order valence-electron chi connectivity index (χ0n) is 9.20. The van der Waals surface area contributed by atoms with Crippen molar-refractivity contribution in [3.63, 3.8) is 0 Å². The SMILES string of the molecule is COC(C)(C)C(=O)N(C)C(C)C(=O)O. The van der Waals surface area contributed by atoms with Crippen molar-refractivity contribution in [2.24, 2.45) is 0 Å². The van der Waals surface area contributed by atoms with Crippen LogP contribution in [-0.4, -0.2) is 47.7 Å². The van der Waals surface area contributed by atoms with Crippen molar-refractivity contribution >= 4 is 11.9 Å². The highest BCUT2D eigenvalue weighted by atomic mass is 16.5. The van der Waals surface area contributed by atoms with Gasteiger partial charge in [0.1, 0.15) is 11.6 Å². The second-order valence-electron chi connectivity index (χ2n) is 3.64. The van der Waals surface area contributed by atoms with Crippen molar-refractivity contribution in [3.8, 4) is 0 Å².